The monoisotopic (exact) mass is 211 g/mol. The molecule has 2 rings (SSSR count). The van der Waals surface area contributed by atoms with Crippen molar-refractivity contribution in [3.8, 4) is 0 Å². The Kier molecular flexibility index (Phi) is 3.22. The Balaban J connectivity index is 1.71. The van der Waals surface area contributed by atoms with Crippen LogP contribution in [0.2, 0.25) is 5.02 Å². The van der Waals surface area contributed by atoms with Gasteiger partial charge >= 0.3 is 0 Å². The van der Waals surface area contributed by atoms with Crippen LogP contribution in [-0.4, -0.2) is 24.1 Å². The maximum atomic E-state index is 5.93. The predicted molar refractivity (Wildman–Crippen MR) is 58.8 cm³/mol. The third-order valence-corrected chi connectivity index (χ3v) is 2.52. The van der Waals surface area contributed by atoms with Crippen LogP contribution in [0, 0.1) is 0 Å². The molecule has 76 valence electrons. The van der Waals surface area contributed by atoms with Gasteiger partial charge in [0.15, 0.2) is 0 Å². The number of halogens is 1. The Bertz CT molecular complexity index is 299. The zero-order valence-corrected chi connectivity index (χ0v) is 8.72. The Morgan fingerprint density at radius 2 is 2.29 bits per heavy atom. The molecule has 0 spiro atoms. The minimum Gasteiger partial charge on any atom is -0.382 e. The zero-order chi connectivity index (χ0) is 9.80. The Morgan fingerprint density at radius 3 is 3.00 bits per heavy atom. The van der Waals surface area contributed by atoms with Gasteiger partial charge in [0.1, 0.15) is 0 Å². The molecule has 0 aromatic carbocycles. The molecule has 0 radical (unpaired) electrons. The van der Waals surface area contributed by atoms with Crippen LogP contribution in [-0.2, 0) is 0 Å². The van der Waals surface area contributed by atoms with Gasteiger partial charge in [-0.05, 0) is 18.9 Å². The molecule has 0 saturated heterocycles. The second-order valence-electron chi connectivity index (χ2n) is 3.51. The summed E-state index contributed by atoms with van der Waals surface area (Å²) in [6.07, 6.45) is 6.05. The smallest absolute Gasteiger partial charge is 0.0820 e. The molecule has 0 aliphatic heterocycles. The summed E-state index contributed by atoms with van der Waals surface area (Å²) in [7, 11) is 0. The summed E-state index contributed by atoms with van der Waals surface area (Å²) in [5.74, 6) is 0. The first-order chi connectivity index (χ1) is 6.86. The van der Waals surface area contributed by atoms with Crippen LogP contribution in [0.15, 0.2) is 18.5 Å². The third kappa shape index (κ3) is 2.86. The molecule has 3 nitrogen and oxygen atoms in total. The summed E-state index contributed by atoms with van der Waals surface area (Å²) in [6.45, 7) is 1.89. The van der Waals surface area contributed by atoms with Crippen LogP contribution >= 0.6 is 11.6 Å². The van der Waals surface area contributed by atoms with Crippen LogP contribution in [0.4, 0.5) is 5.69 Å². The van der Waals surface area contributed by atoms with E-state index in [9.17, 15) is 0 Å². The fraction of sp³-hybridized carbons (Fsp3) is 0.500. The zero-order valence-electron chi connectivity index (χ0n) is 7.96. The first kappa shape index (κ1) is 9.74. The number of pyridine rings is 1. The lowest BCUT2D eigenvalue weighted by Crippen LogP contribution is -2.23. The van der Waals surface area contributed by atoms with Crippen LogP contribution in [0.25, 0.3) is 0 Å². The Hall–Kier alpha value is -0.800. The molecule has 0 atom stereocenters. The number of nitrogens with zero attached hydrogens (tertiary/aromatic N) is 1. The number of hydrogen-bond donors (Lipinski definition) is 2. The number of hydrogen-bond acceptors (Lipinski definition) is 3. The average molecular weight is 212 g/mol. The van der Waals surface area contributed by atoms with Crippen molar-refractivity contribution in [1.29, 1.82) is 0 Å². The second-order valence-corrected chi connectivity index (χ2v) is 3.92. The van der Waals surface area contributed by atoms with E-state index in [0.717, 1.165) is 24.8 Å². The molecule has 1 heterocycles. The van der Waals surface area contributed by atoms with Crippen molar-refractivity contribution in [1.82, 2.24) is 10.3 Å². The average Bonchev–Trinajstić information content (AvgIpc) is 2.99. The number of anilines is 1. The maximum Gasteiger partial charge on any atom is 0.0820 e. The Labute approximate surface area is 88.9 Å². The molecule has 0 bridgehead atoms. The minimum atomic E-state index is 0.680. The van der Waals surface area contributed by atoms with Crippen molar-refractivity contribution in [3.05, 3.63) is 23.5 Å². The second kappa shape index (κ2) is 4.62. The first-order valence-corrected chi connectivity index (χ1v) is 5.31. The van der Waals surface area contributed by atoms with Gasteiger partial charge in [0, 0.05) is 31.5 Å². The molecule has 14 heavy (non-hydrogen) atoms. The normalized spacial score (nSPS) is 15.5. The topological polar surface area (TPSA) is 37.0 Å². The highest BCUT2D eigenvalue weighted by Crippen LogP contribution is 2.19. The summed E-state index contributed by atoms with van der Waals surface area (Å²) in [6, 6.07) is 2.66. The minimum absolute atomic E-state index is 0.680. The molecular weight excluding hydrogens is 198 g/mol. The van der Waals surface area contributed by atoms with E-state index >= 15 is 0 Å². The first-order valence-electron chi connectivity index (χ1n) is 4.93. The molecule has 0 unspecified atom stereocenters. The molecule has 0 amide bonds. The van der Waals surface area contributed by atoms with Crippen molar-refractivity contribution >= 4 is 17.3 Å². The van der Waals surface area contributed by atoms with E-state index in [-0.39, 0.29) is 0 Å². The molecule has 1 saturated carbocycles. The molecule has 4 heteroatoms. The molecule has 1 aromatic rings. The van der Waals surface area contributed by atoms with Gasteiger partial charge in [-0.3, -0.25) is 4.98 Å². The van der Waals surface area contributed by atoms with Crippen LogP contribution in [0.5, 0.6) is 0 Å². The van der Waals surface area contributed by atoms with Gasteiger partial charge in [-0.15, -0.1) is 0 Å². The van der Waals surface area contributed by atoms with Gasteiger partial charge < -0.3 is 10.6 Å². The van der Waals surface area contributed by atoms with Crippen LogP contribution in [0.1, 0.15) is 12.8 Å². The van der Waals surface area contributed by atoms with Gasteiger partial charge in [-0.1, -0.05) is 11.6 Å². The Morgan fingerprint density at radius 1 is 1.43 bits per heavy atom. The summed E-state index contributed by atoms with van der Waals surface area (Å²) in [4.78, 5) is 3.92. The number of aromatic nitrogens is 1. The highest BCUT2D eigenvalue weighted by Gasteiger charge is 2.19. The van der Waals surface area contributed by atoms with Gasteiger partial charge in [0.2, 0.25) is 0 Å². The van der Waals surface area contributed by atoms with E-state index in [1.165, 1.54) is 12.8 Å². The third-order valence-electron chi connectivity index (χ3n) is 2.22. The van der Waals surface area contributed by atoms with Crippen LogP contribution in [0.3, 0.4) is 0 Å². The van der Waals surface area contributed by atoms with E-state index in [4.69, 9.17) is 11.6 Å². The van der Waals surface area contributed by atoms with E-state index in [1.54, 1.807) is 12.4 Å². The van der Waals surface area contributed by atoms with Crippen molar-refractivity contribution in [2.24, 2.45) is 0 Å². The summed E-state index contributed by atoms with van der Waals surface area (Å²) in [5.41, 5.74) is 0.958. The fourth-order valence-electron chi connectivity index (χ4n) is 1.28. The van der Waals surface area contributed by atoms with Gasteiger partial charge in [-0.25, -0.2) is 0 Å². The lowest BCUT2D eigenvalue weighted by atomic mass is 10.4. The SMILES string of the molecule is Clc1cnccc1NCCNC1CC1. The number of nitrogens with one attached hydrogen (secondary N) is 2. The van der Waals surface area contributed by atoms with E-state index < -0.39 is 0 Å². The van der Waals surface area contributed by atoms with Gasteiger partial charge in [0.25, 0.3) is 0 Å². The van der Waals surface area contributed by atoms with Crippen molar-refractivity contribution in [3.63, 3.8) is 0 Å². The van der Waals surface area contributed by atoms with Gasteiger partial charge in [0.05, 0.1) is 10.7 Å². The quantitative estimate of drug-likeness (QED) is 0.731. The molecular formula is C10H14ClN3. The summed E-state index contributed by atoms with van der Waals surface area (Å²) in [5, 5.41) is 7.37. The van der Waals surface area contributed by atoms with E-state index in [1.807, 2.05) is 6.07 Å². The van der Waals surface area contributed by atoms with E-state index in [0.29, 0.717) is 5.02 Å². The summed E-state index contributed by atoms with van der Waals surface area (Å²) >= 11 is 5.93. The maximum absolute atomic E-state index is 5.93. The lowest BCUT2D eigenvalue weighted by molar-refractivity contribution is 0.701. The highest BCUT2D eigenvalue weighted by atomic mass is 35.5. The van der Waals surface area contributed by atoms with Crippen LogP contribution < -0.4 is 10.6 Å². The van der Waals surface area contributed by atoms with Gasteiger partial charge in [-0.2, -0.15) is 0 Å². The summed E-state index contributed by atoms with van der Waals surface area (Å²) < 4.78 is 0. The van der Waals surface area contributed by atoms with Crippen molar-refractivity contribution < 1.29 is 0 Å². The predicted octanol–water partition coefficient (Wildman–Crippen LogP) is 1.90. The molecule has 2 N–H and O–H groups in total. The van der Waals surface area contributed by atoms with Crippen molar-refractivity contribution in [2.75, 3.05) is 18.4 Å². The molecule has 1 fully saturated rings. The molecule has 1 aliphatic rings. The highest BCUT2D eigenvalue weighted by molar-refractivity contribution is 6.33. The standard InChI is InChI=1S/C10H14ClN3/c11-9-7-12-4-3-10(9)14-6-5-13-8-1-2-8/h3-4,7-8,13H,1-2,5-6H2,(H,12,14). The van der Waals surface area contributed by atoms with Crippen molar-refractivity contribution in [2.45, 2.75) is 18.9 Å². The molecule has 1 aliphatic carbocycles. The fourth-order valence-corrected chi connectivity index (χ4v) is 1.47. The van der Waals surface area contributed by atoms with E-state index in [2.05, 4.69) is 15.6 Å². The molecule has 1 aromatic heterocycles. The lowest BCUT2D eigenvalue weighted by Gasteiger charge is -2.07. The largest absolute Gasteiger partial charge is 0.382 e. The number of rotatable bonds is 5.